The van der Waals surface area contributed by atoms with Crippen LogP contribution in [0, 0.1) is 13.8 Å². The van der Waals surface area contributed by atoms with E-state index >= 15 is 0 Å². The third-order valence-corrected chi connectivity index (χ3v) is 2.28. The smallest absolute Gasteiger partial charge is 0.387 e. The second kappa shape index (κ2) is 5.25. The molecule has 90 valence electrons. The summed E-state index contributed by atoms with van der Waals surface area (Å²) >= 11 is 0. The Morgan fingerprint density at radius 1 is 1.25 bits per heavy atom. The monoisotopic (exact) mass is 229 g/mol. The first-order valence-electron chi connectivity index (χ1n) is 5.20. The Labute approximate surface area is 94.4 Å². The van der Waals surface area contributed by atoms with Crippen molar-refractivity contribution in [1.29, 1.82) is 0 Å². The molecule has 0 aromatic heterocycles. The van der Waals surface area contributed by atoms with E-state index < -0.39 is 6.61 Å². The predicted octanol–water partition coefficient (Wildman–Crippen LogP) is 2.79. The number of benzene rings is 1. The van der Waals surface area contributed by atoms with Crippen molar-refractivity contribution in [1.82, 2.24) is 0 Å². The van der Waals surface area contributed by atoms with E-state index in [0.717, 1.165) is 23.1 Å². The van der Waals surface area contributed by atoms with Gasteiger partial charge in [0.1, 0.15) is 5.75 Å². The zero-order chi connectivity index (χ0) is 12.3. The second-order valence-electron chi connectivity index (χ2n) is 4.12. The zero-order valence-corrected chi connectivity index (χ0v) is 9.76. The SMILES string of the molecule is Cc1cc(CC(C)N)cc(C)c1OC(F)F. The summed E-state index contributed by atoms with van der Waals surface area (Å²) in [7, 11) is 0. The predicted molar refractivity (Wildman–Crippen MR) is 59.9 cm³/mol. The van der Waals surface area contributed by atoms with Gasteiger partial charge in [-0.05, 0) is 43.9 Å². The molecule has 0 saturated heterocycles. The molecular formula is C12H17F2NO. The van der Waals surface area contributed by atoms with Crippen LogP contribution in [0.15, 0.2) is 12.1 Å². The zero-order valence-electron chi connectivity index (χ0n) is 9.76. The van der Waals surface area contributed by atoms with Gasteiger partial charge in [0.15, 0.2) is 0 Å². The van der Waals surface area contributed by atoms with Crippen molar-refractivity contribution in [3.05, 3.63) is 28.8 Å². The Hall–Kier alpha value is -1.16. The molecule has 0 aliphatic rings. The van der Waals surface area contributed by atoms with Gasteiger partial charge in [0.05, 0.1) is 0 Å². The van der Waals surface area contributed by atoms with Gasteiger partial charge in [-0.25, -0.2) is 0 Å². The number of aryl methyl sites for hydroxylation is 2. The molecule has 0 heterocycles. The molecular weight excluding hydrogens is 212 g/mol. The van der Waals surface area contributed by atoms with E-state index in [4.69, 9.17) is 5.73 Å². The number of nitrogens with two attached hydrogens (primary N) is 1. The largest absolute Gasteiger partial charge is 0.434 e. The molecule has 2 N–H and O–H groups in total. The van der Waals surface area contributed by atoms with Crippen LogP contribution in [0.5, 0.6) is 5.75 Å². The number of hydrogen-bond donors (Lipinski definition) is 1. The Balaban J connectivity index is 2.98. The molecule has 16 heavy (non-hydrogen) atoms. The summed E-state index contributed by atoms with van der Waals surface area (Å²) in [5.74, 6) is 0.267. The van der Waals surface area contributed by atoms with Crippen LogP contribution < -0.4 is 10.5 Å². The van der Waals surface area contributed by atoms with Crippen LogP contribution in [0.25, 0.3) is 0 Å². The molecule has 0 radical (unpaired) electrons. The van der Waals surface area contributed by atoms with Gasteiger partial charge >= 0.3 is 6.61 Å². The molecule has 0 aliphatic carbocycles. The van der Waals surface area contributed by atoms with Crippen molar-refractivity contribution < 1.29 is 13.5 Å². The average Bonchev–Trinajstić information content (AvgIpc) is 2.10. The highest BCUT2D eigenvalue weighted by Crippen LogP contribution is 2.26. The molecule has 0 amide bonds. The molecule has 0 fully saturated rings. The highest BCUT2D eigenvalue weighted by atomic mass is 19.3. The van der Waals surface area contributed by atoms with Crippen LogP contribution in [0.3, 0.4) is 0 Å². The highest BCUT2D eigenvalue weighted by Gasteiger charge is 2.11. The summed E-state index contributed by atoms with van der Waals surface area (Å²) in [6.07, 6.45) is 0.733. The maximum absolute atomic E-state index is 12.1. The first-order chi connectivity index (χ1) is 7.40. The van der Waals surface area contributed by atoms with Gasteiger partial charge in [-0.3, -0.25) is 0 Å². The summed E-state index contributed by atoms with van der Waals surface area (Å²) in [4.78, 5) is 0. The summed E-state index contributed by atoms with van der Waals surface area (Å²) in [6.45, 7) is 2.65. The minimum Gasteiger partial charge on any atom is -0.434 e. The van der Waals surface area contributed by atoms with E-state index in [1.165, 1.54) is 0 Å². The van der Waals surface area contributed by atoms with Crippen LogP contribution in [0.2, 0.25) is 0 Å². The standard InChI is InChI=1S/C12H17F2NO/c1-7-4-10(6-9(3)15)5-8(2)11(7)16-12(13)14/h4-5,9,12H,6,15H2,1-3H3. The highest BCUT2D eigenvalue weighted by molar-refractivity contribution is 5.43. The minimum absolute atomic E-state index is 0.0562. The Morgan fingerprint density at radius 3 is 2.12 bits per heavy atom. The molecule has 2 nitrogen and oxygen atoms in total. The lowest BCUT2D eigenvalue weighted by molar-refractivity contribution is -0.0507. The van der Waals surface area contributed by atoms with Crippen molar-refractivity contribution in [3.63, 3.8) is 0 Å². The van der Waals surface area contributed by atoms with Crippen LogP contribution in [0.1, 0.15) is 23.6 Å². The summed E-state index contributed by atoms with van der Waals surface area (Å²) < 4.78 is 28.8. The normalized spacial score (nSPS) is 12.9. The average molecular weight is 229 g/mol. The van der Waals surface area contributed by atoms with E-state index in [1.807, 2.05) is 19.1 Å². The van der Waals surface area contributed by atoms with Gasteiger partial charge in [-0.15, -0.1) is 0 Å². The summed E-state index contributed by atoms with van der Waals surface area (Å²) in [5, 5.41) is 0. The first-order valence-corrected chi connectivity index (χ1v) is 5.20. The van der Waals surface area contributed by atoms with Gasteiger partial charge in [-0.1, -0.05) is 12.1 Å². The number of alkyl halides is 2. The summed E-state index contributed by atoms with van der Waals surface area (Å²) in [5.41, 5.74) is 8.18. The van der Waals surface area contributed by atoms with Gasteiger partial charge in [-0.2, -0.15) is 8.78 Å². The van der Waals surface area contributed by atoms with Crippen LogP contribution in [-0.2, 0) is 6.42 Å². The van der Waals surface area contributed by atoms with Crippen molar-refractivity contribution in [3.8, 4) is 5.75 Å². The van der Waals surface area contributed by atoms with Gasteiger partial charge in [0.25, 0.3) is 0 Å². The lowest BCUT2D eigenvalue weighted by atomic mass is 10.0. The Morgan fingerprint density at radius 2 is 1.75 bits per heavy atom. The fourth-order valence-electron chi connectivity index (χ4n) is 1.80. The Kier molecular flexibility index (Phi) is 4.24. The van der Waals surface area contributed by atoms with Crippen LogP contribution >= 0.6 is 0 Å². The van der Waals surface area contributed by atoms with Crippen molar-refractivity contribution in [2.24, 2.45) is 5.73 Å². The molecule has 0 aliphatic heterocycles. The number of ether oxygens (including phenoxy) is 1. The fourth-order valence-corrected chi connectivity index (χ4v) is 1.80. The van der Waals surface area contributed by atoms with Gasteiger partial charge in [0, 0.05) is 6.04 Å². The van der Waals surface area contributed by atoms with Gasteiger partial charge < -0.3 is 10.5 Å². The quantitative estimate of drug-likeness (QED) is 0.861. The van der Waals surface area contributed by atoms with Crippen LogP contribution in [-0.4, -0.2) is 12.7 Å². The number of hydrogen-bond acceptors (Lipinski definition) is 2. The molecule has 0 bridgehead atoms. The molecule has 4 heteroatoms. The molecule has 0 spiro atoms. The maximum atomic E-state index is 12.1. The number of halogens is 2. The third kappa shape index (κ3) is 3.45. The van der Waals surface area contributed by atoms with E-state index in [1.54, 1.807) is 13.8 Å². The first kappa shape index (κ1) is 12.9. The van der Waals surface area contributed by atoms with E-state index in [2.05, 4.69) is 4.74 Å². The minimum atomic E-state index is -2.78. The molecule has 1 unspecified atom stereocenters. The van der Waals surface area contributed by atoms with Crippen molar-refractivity contribution in [2.75, 3.05) is 0 Å². The molecule has 1 atom stereocenters. The van der Waals surface area contributed by atoms with E-state index in [9.17, 15) is 8.78 Å². The molecule has 0 saturated carbocycles. The van der Waals surface area contributed by atoms with Crippen LogP contribution in [0.4, 0.5) is 8.78 Å². The molecule has 1 aromatic carbocycles. The van der Waals surface area contributed by atoms with Crippen molar-refractivity contribution >= 4 is 0 Å². The van der Waals surface area contributed by atoms with Gasteiger partial charge in [0.2, 0.25) is 0 Å². The molecule has 1 rings (SSSR count). The number of rotatable bonds is 4. The van der Waals surface area contributed by atoms with E-state index in [0.29, 0.717) is 0 Å². The van der Waals surface area contributed by atoms with Crippen molar-refractivity contribution in [2.45, 2.75) is 39.8 Å². The van der Waals surface area contributed by atoms with E-state index in [-0.39, 0.29) is 11.8 Å². The topological polar surface area (TPSA) is 35.2 Å². The third-order valence-electron chi connectivity index (χ3n) is 2.28. The fraction of sp³-hybridized carbons (Fsp3) is 0.500. The Bertz CT molecular complexity index is 341. The molecule has 1 aromatic rings. The second-order valence-corrected chi connectivity index (χ2v) is 4.12. The summed E-state index contributed by atoms with van der Waals surface area (Å²) in [6, 6.07) is 3.74. The lowest BCUT2D eigenvalue weighted by Gasteiger charge is -2.14. The lowest BCUT2D eigenvalue weighted by Crippen LogP contribution is -2.18. The maximum Gasteiger partial charge on any atom is 0.387 e.